The molecule has 1 aliphatic rings. The van der Waals surface area contributed by atoms with E-state index >= 15 is 0 Å². The molecule has 0 heterocycles. The zero-order chi connectivity index (χ0) is 31.9. The number of phenolic OH excluding ortho intramolecular Hbond substituents is 1. The minimum atomic E-state index is -0.707. The molecule has 6 nitrogen and oxygen atoms in total. The normalized spacial score (nSPS) is 19.9. The number of hydrogen-bond acceptors (Lipinski definition) is 6. The lowest BCUT2D eigenvalue weighted by Gasteiger charge is -2.16. The first-order valence-corrected chi connectivity index (χ1v) is 16.3. The van der Waals surface area contributed by atoms with E-state index in [-0.39, 0.29) is 42.2 Å². The van der Waals surface area contributed by atoms with Crippen LogP contribution in [0.1, 0.15) is 103 Å². The van der Waals surface area contributed by atoms with Gasteiger partial charge in [0.25, 0.3) is 0 Å². The number of unbranched alkanes of at least 4 members (excludes halogenated alkanes) is 3. The summed E-state index contributed by atoms with van der Waals surface area (Å²) in [5, 5.41) is 30.2. The van der Waals surface area contributed by atoms with Crippen molar-refractivity contribution >= 4 is 22.9 Å². The summed E-state index contributed by atoms with van der Waals surface area (Å²) in [5.41, 5.74) is 4.61. The van der Waals surface area contributed by atoms with Crippen molar-refractivity contribution in [3.05, 3.63) is 84.0 Å². The number of aliphatic hydroxyl groups excluding tert-OH is 2. The molecule has 238 valence electrons. The van der Waals surface area contributed by atoms with Crippen LogP contribution in [0, 0.1) is 11.8 Å². The number of phenols is 1. The van der Waals surface area contributed by atoms with Crippen LogP contribution in [0.5, 0.6) is 11.5 Å². The third-order valence-electron chi connectivity index (χ3n) is 8.42. The van der Waals surface area contributed by atoms with Crippen molar-refractivity contribution in [1.29, 1.82) is 0 Å². The fourth-order valence-corrected chi connectivity index (χ4v) is 5.96. The second kappa shape index (κ2) is 18.4. The van der Waals surface area contributed by atoms with Gasteiger partial charge in [0.2, 0.25) is 0 Å². The van der Waals surface area contributed by atoms with Crippen molar-refractivity contribution in [2.24, 2.45) is 11.8 Å². The van der Waals surface area contributed by atoms with Crippen LogP contribution in [0.15, 0.2) is 72.8 Å². The zero-order valence-corrected chi connectivity index (χ0v) is 26.6. The van der Waals surface area contributed by atoms with Gasteiger partial charge in [-0.3, -0.25) is 9.59 Å². The molecule has 44 heavy (non-hydrogen) atoms. The summed E-state index contributed by atoms with van der Waals surface area (Å²) < 4.78 is 5.56. The Morgan fingerprint density at radius 1 is 0.932 bits per heavy atom. The molecule has 0 radical (unpaired) electrons. The number of ketones is 1. The second-order valence-electron chi connectivity index (χ2n) is 11.7. The highest BCUT2D eigenvalue weighted by molar-refractivity contribution is 5.91. The molecule has 0 spiro atoms. The Bertz CT molecular complexity index is 1270. The van der Waals surface area contributed by atoms with Crippen molar-refractivity contribution in [2.75, 3.05) is 0 Å². The Hall–Kier alpha value is -3.48. The molecule has 1 aliphatic carbocycles. The summed E-state index contributed by atoms with van der Waals surface area (Å²) in [6, 6.07) is 14.9. The molecule has 0 amide bonds. The van der Waals surface area contributed by atoms with Gasteiger partial charge < -0.3 is 20.1 Å². The number of carbonyl (C=O) groups is 2. The predicted octanol–water partition coefficient (Wildman–Crippen LogP) is 8.21. The van der Waals surface area contributed by atoms with Gasteiger partial charge in [0.15, 0.2) is 0 Å². The SMILES string of the molecule is CCCCCC(O)/C=C/C1C(O)CC(=O)C1C/C=C\CCCC(=O)Oc1ccc(/C(CC)=C(\CC)c2ccc(O)cc2)cc1. The Morgan fingerprint density at radius 3 is 2.18 bits per heavy atom. The van der Waals surface area contributed by atoms with Gasteiger partial charge in [-0.25, -0.2) is 0 Å². The Kier molecular flexibility index (Phi) is 14.6. The van der Waals surface area contributed by atoms with Crippen LogP contribution >= 0.6 is 0 Å². The molecular formula is C38H50O6. The fourth-order valence-electron chi connectivity index (χ4n) is 5.96. The fraction of sp³-hybridized carbons (Fsp3) is 0.474. The van der Waals surface area contributed by atoms with E-state index in [1.165, 1.54) is 11.1 Å². The highest BCUT2D eigenvalue weighted by Crippen LogP contribution is 2.34. The van der Waals surface area contributed by atoms with E-state index < -0.39 is 12.2 Å². The second-order valence-corrected chi connectivity index (χ2v) is 11.7. The van der Waals surface area contributed by atoms with Crippen molar-refractivity contribution in [1.82, 2.24) is 0 Å². The largest absolute Gasteiger partial charge is 0.508 e. The van der Waals surface area contributed by atoms with Gasteiger partial charge in [0.1, 0.15) is 17.3 Å². The molecule has 4 atom stereocenters. The zero-order valence-electron chi connectivity index (χ0n) is 26.6. The number of aromatic hydroxyl groups is 1. The van der Waals surface area contributed by atoms with Gasteiger partial charge in [-0.1, -0.05) is 88.6 Å². The first-order chi connectivity index (χ1) is 21.3. The summed E-state index contributed by atoms with van der Waals surface area (Å²) in [6.45, 7) is 6.37. The topological polar surface area (TPSA) is 104 Å². The highest BCUT2D eigenvalue weighted by Gasteiger charge is 2.39. The molecule has 0 bridgehead atoms. The monoisotopic (exact) mass is 602 g/mol. The quantitative estimate of drug-likeness (QED) is 0.0554. The summed E-state index contributed by atoms with van der Waals surface area (Å²) in [7, 11) is 0. The Labute approximate surface area is 263 Å². The van der Waals surface area contributed by atoms with Crippen LogP contribution in [0.2, 0.25) is 0 Å². The van der Waals surface area contributed by atoms with Crippen LogP contribution < -0.4 is 4.74 Å². The third kappa shape index (κ3) is 10.6. The minimum Gasteiger partial charge on any atom is -0.508 e. The molecule has 4 unspecified atom stereocenters. The summed E-state index contributed by atoms with van der Waals surface area (Å²) in [4.78, 5) is 24.9. The van der Waals surface area contributed by atoms with Crippen LogP contribution in [0.4, 0.5) is 0 Å². The molecule has 3 rings (SSSR count). The number of esters is 1. The average Bonchev–Trinajstić information content (AvgIpc) is 3.28. The number of Topliss-reactive ketones (excluding diaryl/α,β-unsaturated/α-hetero) is 1. The van der Waals surface area contributed by atoms with E-state index in [1.807, 2.05) is 54.6 Å². The predicted molar refractivity (Wildman–Crippen MR) is 177 cm³/mol. The van der Waals surface area contributed by atoms with E-state index in [0.717, 1.165) is 43.2 Å². The standard InChI is InChI=1S/C38H50O6/c1-4-7-10-13-29(39)22-25-35-34(36(41)26-37(35)42)14-11-8-9-12-15-38(43)44-31-23-18-28(19-24-31)33(6-3)32(5-2)27-16-20-30(40)21-17-27/h8,11,16-25,29,34-35,37,39-40,42H,4-7,9-10,12-15,26H2,1-3H3/b11-8-,25-22+,33-32+. The number of benzene rings is 2. The summed E-state index contributed by atoms with van der Waals surface area (Å²) >= 11 is 0. The van der Waals surface area contributed by atoms with E-state index in [9.17, 15) is 24.9 Å². The smallest absolute Gasteiger partial charge is 0.311 e. The van der Waals surface area contributed by atoms with Crippen LogP contribution in [0.3, 0.4) is 0 Å². The lowest BCUT2D eigenvalue weighted by molar-refractivity contribution is -0.134. The first-order valence-electron chi connectivity index (χ1n) is 16.3. The van der Waals surface area contributed by atoms with Crippen molar-refractivity contribution in [2.45, 2.75) is 104 Å². The Balaban J connectivity index is 1.46. The van der Waals surface area contributed by atoms with Crippen molar-refractivity contribution < 1.29 is 29.6 Å². The maximum atomic E-state index is 12.5. The molecule has 2 aromatic carbocycles. The number of hydrogen-bond donors (Lipinski definition) is 3. The molecule has 6 heteroatoms. The van der Waals surface area contributed by atoms with Crippen molar-refractivity contribution in [3.8, 4) is 11.5 Å². The number of aliphatic hydroxyl groups is 2. The average molecular weight is 603 g/mol. The molecule has 1 saturated carbocycles. The van der Waals surface area contributed by atoms with Gasteiger partial charge in [-0.05, 0) is 85.1 Å². The van der Waals surface area contributed by atoms with Crippen LogP contribution in [-0.2, 0) is 9.59 Å². The number of allylic oxidation sites excluding steroid dienone is 4. The van der Waals surface area contributed by atoms with Gasteiger partial charge in [-0.2, -0.15) is 0 Å². The van der Waals surface area contributed by atoms with E-state index in [0.29, 0.717) is 31.4 Å². The maximum absolute atomic E-state index is 12.5. The van der Waals surface area contributed by atoms with Gasteiger partial charge in [0.05, 0.1) is 12.2 Å². The summed E-state index contributed by atoms with van der Waals surface area (Å²) in [5.74, 6) is -0.0316. The molecule has 1 fully saturated rings. The van der Waals surface area contributed by atoms with Gasteiger partial charge in [0, 0.05) is 24.7 Å². The molecular weight excluding hydrogens is 552 g/mol. The number of ether oxygens (including phenoxy) is 1. The van der Waals surface area contributed by atoms with Crippen LogP contribution in [-0.4, -0.2) is 39.3 Å². The van der Waals surface area contributed by atoms with Crippen LogP contribution in [0.25, 0.3) is 11.1 Å². The molecule has 3 N–H and O–H groups in total. The van der Waals surface area contributed by atoms with Crippen molar-refractivity contribution in [3.63, 3.8) is 0 Å². The highest BCUT2D eigenvalue weighted by atomic mass is 16.5. The summed E-state index contributed by atoms with van der Waals surface area (Å²) in [6.07, 6.45) is 14.1. The van der Waals surface area contributed by atoms with E-state index in [2.05, 4.69) is 20.8 Å². The molecule has 0 saturated heterocycles. The number of carbonyl (C=O) groups excluding carboxylic acids is 2. The molecule has 2 aromatic rings. The van der Waals surface area contributed by atoms with Gasteiger partial charge >= 0.3 is 5.97 Å². The maximum Gasteiger partial charge on any atom is 0.311 e. The molecule has 0 aromatic heterocycles. The Morgan fingerprint density at radius 2 is 1.57 bits per heavy atom. The van der Waals surface area contributed by atoms with Gasteiger partial charge in [-0.15, -0.1) is 0 Å². The first kappa shape index (κ1) is 35.0. The van der Waals surface area contributed by atoms with E-state index in [4.69, 9.17) is 4.74 Å². The number of rotatable bonds is 17. The lowest BCUT2D eigenvalue weighted by atomic mass is 9.90. The van der Waals surface area contributed by atoms with E-state index in [1.54, 1.807) is 18.2 Å². The third-order valence-corrected chi connectivity index (χ3v) is 8.42. The molecule has 0 aliphatic heterocycles. The lowest BCUT2D eigenvalue weighted by Crippen LogP contribution is -2.18. The minimum absolute atomic E-state index is 0.0553.